The first-order valence-electron chi connectivity index (χ1n) is 7.49. The first kappa shape index (κ1) is 14.5. The van der Waals surface area contributed by atoms with Crippen molar-refractivity contribution in [1.82, 2.24) is 5.32 Å². The molecular formula is C17H26FN. The first-order chi connectivity index (χ1) is 8.97. The van der Waals surface area contributed by atoms with Crippen LogP contribution in [0.4, 0.5) is 4.39 Å². The van der Waals surface area contributed by atoms with Crippen molar-refractivity contribution in [3.05, 3.63) is 35.1 Å². The Bertz CT molecular complexity index is 429. The van der Waals surface area contributed by atoms with Gasteiger partial charge in [0, 0.05) is 12.1 Å². The highest BCUT2D eigenvalue weighted by atomic mass is 19.1. The summed E-state index contributed by atoms with van der Waals surface area (Å²) >= 11 is 0. The van der Waals surface area contributed by atoms with Crippen LogP contribution >= 0.6 is 0 Å². The molecule has 1 nitrogen and oxygen atoms in total. The van der Waals surface area contributed by atoms with E-state index in [1.165, 1.54) is 19.3 Å². The smallest absolute Gasteiger partial charge is 0.126 e. The van der Waals surface area contributed by atoms with E-state index in [0.717, 1.165) is 23.0 Å². The second-order valence-corrected chi connectivity index (χ2v) is 6.36. The van der Waals surface area contributed by atoms with E-state index in [-0.39, 0.29) is 11.9 Å². The van der Waals surface area contributed by atoms with Gasteiger partial charge < -0.3 is 5.32 Å². The van der Waals surface area contributed by atoms with Gasteiger partial charge in [-0.05, 0) is 62.1 Å². The molecule has 0 aromatic heterocycles. The minimum Gasteiger partial charge on any atom is -0.307 e. The zero-order chi connectivity index (χ0) is 14.0. The van der Waals surface area contributed by atoms with Gasteiger partial charge in [-0.15, -0.1) is 0 Å². The van der Waals surface area contributed by atoms with E-state index in [1.807, 2.05) is 12.1 Å². The molecule has 0 amide bonds. The van der Waals surface area contributed by atoms with Crippen molar-refractivity contribution in [2.45, 2.75) is 59.0 Å². The summed E-state index contributed by atoms with van der Waals surface area (Å²) in [6.07, 6.45) is 3.78. The first-order valence-corrected chi connectivity index (χ1v) is 7.49. The zero-order valence-electron chi connectivity index (χ0n) is 12.5. The molecule has 0 spiro atoms. The second-order valence-electron chi connectivity index (χ2n) is 6.36. The maximum absolute atomic E-state index is 13.6. The predicted molar refractivity (Wildman–Crippen MR) is 78.7 cm³/mol. The fourth-order valence-electron chi connectivity index (χ4n) is 3.03. The van der Waals surface area contributed by atoms with E-state index in [4.69, 9.17) is 0 Å². The van der Waals surface area contributed by atoms with Crippen molar-refractivity contribution in [1.29, 1.82) is 0 Å². The highest BCUT2D eigenvalue weighted by Gasteiger charge is 2.25. The van der Waals surface area contributed by atoms with Crippen molar-refractivity contribution in [3.63, 3.8) is 0 Å². The lowest BCUT2D eigenvalue weighted by atomic mass is 9.79. The summed E-state index contributed by atoms with van der Waals surface area (Å²) < 4.78 is 13.6. The Balaban J connectivity index is 1.97. The van der Waals surface area contributed by atoms with Gasteiger partial charge in [0.25, 0.3) is 0 Å². The van der Waals surface area contributed by atoms with Gasteiger partial charge in [-0.2, -0.15) is 0 Å². The second kappa shape index (κ2) is 6.04. The number of nitrogens with one attached hydrogen (secondary N) is 1. The molecule has 0 bridgehead atoms. The summed E-state index contributed by atoms with van der Waals surface area (Å²) in [5.74, 6) is 1.52. The van der Waals surface area contributed by atoms with Crippen molar-refractivity contribution in [2.24, 2.45) is 11.8 Å². The maximum atomic E-state index is 13.6. The molecule has 1 saturated carbocycles. The van der Waals surface area contributed by atoms with Crippen LogP contribution in [0, 0.1) is 24.6 Å². The van der Waals surface area contributed by atoms with Gasteiger partial charge in [0.05, 0.1) is 0 Å². The molecule has 1 aromatic rings. The molecule has 0 radical (unpaired) electrons. The Morgan fingerprint density at radius 3 is 2.58 bits per heavy atom. The lowest BCUT2D eigenvalue weighted by molar-refractivity contribution is 0.217. The zero-order valence-corrected chi connectivity index (χ0v) is 12.5. The molecule has 2 rings (SSSR count). The largest absolute Gasteiger partial charge is 0.307 e. The summed E-state index contributed by atoms with van der Waals surface area (Å²) in [6.45, 7) is 8.63. The fraction of sp³-hybridized carbons (Fsp3) is 0.647. The summed E-state index contributed by atoms with van der Waals surface area (Å²) in [5.41, 5.74) is 1.77. The molecular weight excluding hydrogens is 237 g/mol. The molecule has 4 unspecified atom stereocenters. The van der Waals surface area contributed by atoms with Crippen LogP contribution < -0.4 is 5.32 Å². The maximum Gasteiger partial charge on any atom is 0.126 e. The van der Waals surface area contributed by atoms with Crippen LogP contribution in [0.3, 0.4) is 0 Å². The van der Waals surface area contributed by atoms with Crippen LogP contribution in [0.15, 0.2) is 18.2 Å². The van der Waals surface area contributed by atoms with Crippen molar-refractivity contribution in [2.75, 3.05) is 0 Å². The normalized spacial score (nSPS) is 29.2. The lowest BCUT2D eigenvalue weighted by Crippen LogP contribution is -2.37. The van der Waals surface area contributed by atoms with Crippen molar-refractivity contribution >= 4 is 0 Å². The molecule has 1 N–H and O–H groups in total. The standard InChI is InChI=1S/C17H26FN/c1-11-6-8-16(9-13(11)3)19-14(4)15-7-5-12(2)17(18)10-15/h5,7,10-11,13-14,16,19H,6,8-9H2,1-4H3. The summed E-state index contributed by atoms with van der Waals surface area (Å²) in [4.78, 5) is 0. The van der Waals surface area contributed by atoms with Gasteiger partial charge in [-0.25, -0.2) is 4.39 Å². The Kier molecular flexibility index (Phi) is 4.62. The van der Waals surface area contributed by atoms with E-state index in [9.17, 15) is 4.39 Å². The number of halogens is 1. The van der Waals surface area contributed by atoms with E-state index in [0.29, 0.717) is 6.04 Å². The lowest BCUT2D eigenvalue weighted by Gasteiger charge is -2.34. The average Bonchev–Trinajstić information content (AvgIpc) is 2.37. The van der Waals surface area contributed by atoms with Gasteiger partial charge >= 0.3 is 0 Å². The minimum atomic E-state index is -0.100. The number of hydrogen-bond acceptors (Lipinski definition) is 1. The molecule has 0 aliphatic heterocycles. The highest BCUT2D eigenvalue weighted by Crippen LogP contribution is 2.30. The third-order valence-corrected chi connectivity index (χ3v) is 4.78. The third kappa shape index (κ3) is 3.56. The Hall–Kier alpha value is -0.890. The molecule has 0 heterocycles. The van der Waals surface area contributed by atoms with Gasteiger partial charge in [0.15, 0.2) is 0 Å². The average molecular weight is 263 g/mol. The van der Waals surface area contributed by atoms with Gasteiger partial charge in [-0.1, -0.05) is 26.0 Å². The topological polar surface area (TPSA) is 12.0 Å². The van der Waals surface area contributed by atoms with Crippen molar-refractivity contribution < 1.29 is 4.39 Å². The van der Waals surface area contributed by atoms with E-state index in [2.05, 4.69) is 26.1 Å². The van der Waals surface area contributed by atoms with E-state index in [1.54, 1.807) is 13.0 Å². The number of aryl methyl sites for hydroxylation is 1. The van der Waals surface area contributed by atoms with Crippen LogP contribution in [0.1, 0.15) is 57.2 Å². The molecule has 2 heteroatoms. The van der Waals surface area contributed by atoms with Crippen LogP contribution in [-0.2, 0) is 0 Å². The monoisotopic (exact) mass is 263 g/mol. The minimum absolute atomic E-state index is 0.100. The highest BCUT2D eigenvalue weighted by molar-refractivity contribution is 5.25. The quantitative estimate of drug-likeness (QED) is 0.839. The van der Waals surface area contributed by atoms with Crippen LogP contribution in [0.25, 0.3) is 0 Å². The number of benzene rings is 1. The predicted octanol–water partition coefficient (Wildman–Crippen LogP) is 4.61. The summed E-state index contributed by atoms with van der Waals surface area (Å²) in [6, 6.07) is 6.37. The van der Waals surface area contributed by atoms with Crippen LogP contribution in [-0.4, -0.2) is 6.04 Å². The third-order valence-electron chi connectivity index (χ3n) is 4.78. The van der Waals surface area contributed by atoms with Crippen molar-refractivity contribution in [3.8, 4) is 0 Å². The molecule has 4 atom stereocenters. The molecule has 1 aromatic carbocycles. The summed E-state index contributed by atoms with van der Waals surface area (Å²) in [7, 11) is 0. The Labute approximate surface area is 116 Å². The van der Waals surface area contributed by atoms with Crippen LogP contribution in [0.5, 0.6) is 0 Å². The number of rotatable bonds is 3. The molecule has 1 fully saturated rings. The fourth-order valence-corrected chi connectivity index (χ4v) is 3.03. The Morgan fingerprint density at radius 1 is 1.21 bits per heavy atom. The molecule has 106 valence electrons. The van der Waals surface area contributed by atoms with Crippen LogP contribution in [0.2, 0.25) is 0 Å². The molecule has 1 aliphatic rings. The van der Waals surface area contributed by atoms with E-state index >= 15 is 0 Å². The summed E-state index contributed by atoms with van der Waals surface area (Å²) in [5, 5.41) is 3.67. The van der Waals surface area contributed by atoms with Gasteiger partial charge in [-0.3, -0.25) is 0 Å². The number of hydrogen-bond donors (Lipinski definition) is 1. The van der Waals surface area contributed by atoms with Gasteiger partial charge in [0.2, 0.25) is 0 Å². The molecule has 1 aliphatic carbocycles. The van der Waals surface area contributed by atoms with Gasteiger partial charge in [0.1, 0.15) is 5.82 Å². The van der Waals surface area contributed by atoms with E-state index < -0.39 is 0 Å². The molecule has 0 saturated heterocycles. The molecule has 19 heavy (non-hydrogen) atoms. The SMILES string of the molecule is Cc1ccc(C(C)NC2CCC(C)C(C)C2)cc1F. The Morgan fingerprint density at radius 2 is 1.95 bits per heavy atom.